The SMILES string of the molecule is CC(C)N(C[C@@H]1CCCN(C)C1)C(=O)CN. The quantitative estimate of drug-likeness (QED) is 0.762. The van der Waals surface area contributed by atoms with Crippen LogP contribution in [0, 0.1) is 5.92 Å². The van der Waals surface area contributed by atoms with Crippen molar-refractivity contribution >= 4 is 5.91 Å². The van der Waals surface area contributed by atoms with Crippen LogP contribution in [0.5, 0.6) is 0 Å². The second-order valence-electron chi connectivity index (χ2n) is 5.11. The summed E-state index contributed by atoms with van der Waals surface area (Å²) in [6, 6.07) is 0.253. The molecule has 0 radical (unpaired) electrons. The summed E-state index contributed by atoms with van der Waals surface area (Å²) >= 11 is 0. The van der Waals surface area contributed by atoms with Crippen molar-refractivity contribution in [1.29, 1.82) is 0 Å². The Morgan fingerprint density at radius 1 is 1.56 bits per heavy atom. The number of piperidine rings is 1. The van der Waals surface area contributed by atoms with E-state index in [-0.39, 0.29) is 18.5 Å². The monoisotopic (exact) mass is 227 g/mol. The summed E-state index contributed by atoms with van der Waals surface area (Å²) in [5.41, 5.74) is 5.44. The number of likely N-dealkylation sites (tertiary alicyclic amines) is 1. The molecule has 0 unspecified atom stereocenters. The summed E-state index contributed by atoms with van der Waals surface area (Å²) in [5, 5.41) is 0. The number of carbonyl (C=O) groups excluding carboxylic acids is 1. The van der Waals surface area contributed by atoms with E-state index < -0.39 is 0 Å². The van der Waals surface area contributed by atoms with Gasteiger partial charge in [-0.3, -0.25) is 4.79 Å². The molecule has 1 amide bonds. The van der Waals surface area contributed by atoms with Gasteiger partial charge in [-0.25, -0.2) is 0 Å². The number of nitrogens with two attached hydrogens (primary N) is 1. The van der Waals surface area contributed by atoms with Crippen molar-refractivity contribution in [1.82, 2.24) is 9.80 Å². The fourth-order valence-electron chi connectivity index (χ4n) is 2.42. The molecule has 1 rings (SSSR count). The van der Waals surface area contributed by atoms with Crippen LogP contribution in [-0.2, 0) is 4.79 Å². The molecule has 1 heterocycles. The van der Waals surface area contributed by atoms with Gasteiger partial charge < -0.3 is 15.5 Å². The number of hydrogen-bond acceptors (Lipinski definition) is 3. The first-order chi connectivity index (χ1) is 7.54. The van der Waals surface area contributed by atoms with E-state index in [4.69, 9.17) is 5.73 Å². The third-order valence-electron chi connectivity index (χ3n) is 3.30. The smallest absolute Gasteiger partial charge is 0.236 e. The fraction of sp³-hybridized carbons (Fsp3) is 0.917. The molecule has 94 valence electrons. The zero-order valence-electron chi connectivity index (χ0n) is 10.8. The lowest BCUT2D eigenvalue weighted by Gasteiger charge is -2.35. The first kappa shape index (κ1) is 13.5. The van der Waals surface area contributed by atoms with Crippen molar-refractivity contribution < 1.29 is 4.79 Å². The first-order valence-corrected chi connectivity index (χ1v) is 6.22. The zero-order chi connectivity index (χ0) is 12.1. The van der Waals surface area contributed by atoms with E-state index in [2.05, 4.69) is 25.8 Å². The summed E-state index contributed by atoms with van der Waals surface area (Å²) in [4.78, 5) is 16.0. The third kappa shape index (κ3) is 3.76. The van der Waals surface area contributed by atoms with Gasteiger partial charge >= 0.3 is 0 Å². The Hall–Kier alpha value is -0.610. The summed E-state index contributed by atoms with van der Waals surface area (Å²) in [5.74, 6) is 0.680. The van der Waals surface area contributed by atoms with Gasteiger partial charge in [0.2, 0.25) is 5.91 Å². The van der Waals surface area contributed by atoms with Crippen LogP contribution in [0.4, 0.5) is 0 Å². The van der Waals surface area contributed by atoms with Crippen molar-refractivity contribution in [2.24, 2.45) is 11.7 Å². The Balaban J connectivity index is 2.50. The number of hydrogen-bond donors (Lipinski definition) is 1. The highest BCUT2D eigenvalue weighted by Crippen LogP contribution is 2.17. The Labute approximate surface area is 98.8 Å². The van der Waals surface area contributed by atoms with Crippen LogP contribution in [-0.4, -0.2) is 55.0 Å². The van der Waals surface area contributed by atoms with E-state index in [0.717, 1.165) is 13.1 Å². The van der Waals surface area contributed by atoms with Crippen LogP contribution in [0.15, 0.2) is 0 Å². The van der Waals surface area contributed by atoms with Gasteiger partial charge in [0.05, 0.1) is 6.54 Å². The molecule has 1 saturated heterocycles. The second kappa shape index (κ2) is 6.21. The summed E-state index contributed by atoms with van der Waals surface area (Å²) in [6.45, 7) is 7.38. The van der Waals surface area contributed by atoms with E-state index in [9.17, 15) is 4.79 Å². The second-order valence-corrected chi connectivity index (χ2v) is 5.11. The molecule has 0 aliphatic carbocycles. The highest BCUT2D eigenvalue weighted by molar-refractivity contribution is 5.78. The molecule has 0 aromatic heterocycles. The lowest BCUT2D eigenvalue weighted by Crippen LogP contribution is -2.46. The van der Waals surface area contributed by atoms with Crippen molar-refractivity contribution in [2.45, 2.75) is 32.7 Å². The summed E-state index contributed by atoms with van der Waals surface area (Å²) < 4.78 is 0. The van der Waals surface area contributed by atoms with Gasteiger partial charge in [-0.1, -0.05) is 0 Å². The van der Waals surface area contributed by atoms with Crippen molar-refractivity contribution in [2.75, 3.05) is 33.2 Å². The predicted octanol–water partition coefficient (Wildman–Crippen LogP) is 0.524. The lowest BCUT2D eigenvalue weighted by atomic mass is 9.97. The van der Waals surface area contributed by atoms with Gasteiger partial charge in [0.15, 0.2) is 0 Å². The summed E-state index contributed by atoms with van der Waals surface area (Å²) in [7, 11) is 2.15. The molecule has 0 bridgehead atoms. The van der Waals surface area contributed by atoms with E-state index in [1.54, 1.807) is 0 Å². The van der Waals surface area contributed by atoms with Gasteiger partial charge in [-0.05, 0) is 46.2 Å². The molecule has 1 aliphatic heterocycles. The molecule has 0 saturated carbocycles. The highest BCUT2D eigenvalue weighted by atomic mass is 16.2. The molecule has 1 fully saturated rings. The van der Waals surface area contributed by atoms with Crippen molar-refractivity contribution in [3.8, 4) is 0 Å². The average molecular weight is 227 g/mol. The normalized spacial score (nSPS) is 22.4. The van der Waals surface area contributed by atoms with Gasteiger partial charge in [-0.2, -0.15) is 0 Å². The van der Waals surface area contributed by atoms with Crippen molar-refractivity contribution in [3.05, 3.63) is 0 Å². The maximum absolute atomic E-state index is 11.7. The van der Waals surface area contributed by atoms with Gasteiger partial charge in [0, 0.05) is 19.1 Å². The molecule has 4 heteroatoms. The van der Waals surface area contributed by atoms with Crippen LogP contribution < -0.4 is 5.73 Å². The maximum Gasteiger partial charge on any atom is 0.236 e. The zero-order valence-corrected chi connectivity index (χ0v) is 10.8. The lowest BCUT2D eigenvalue weighted by molar-refractivity contribution is -0.132. The number of nitrogens with zero attached hydrogens (tertiary/aromatic N) is 2. The highest BCUT2D eigenvalue weighted by Gasteiger charge is 2.23. The first-order valence-electron chi connectivity index (χ1n) is 6.22. The van der Waals surface area contributed by atoms with Crippen LogP contribution in [0.3, 0.4) is 0 Å². The molecule has 1 aliphatic rings. The van der Waals surface area contributed by atoms with E-state index in [1.807, 2.05) is 4.90 Å². The molecule has 2 N–H and O–H groups in total. The minimum absolute atomic E-state index is 0.0724. The molecule has 0 aromatic rings. The number of carbonyl (C=O) groups is 1. The summed E-state index contributed by atoms with van der Waals surface area (Å²) in [6.07, 6.45) is 2.47. The molecule has 0 spiro atoms. The van der Waals surface area contributed by atoms with Crippen LogP contribution in [0.25, 0.3) is 0 Å². The van der Waals surface area contributed by atoms with E-state index in [1.165, 1.54) is 19.4 Å². The largest absolute Gasteiger partial charge is 0.339 e. The average Bonchev–Trinajstić information content (AvgIpc) is 2.24. The molecule has 1 atom stereocenters. The predicted molar refractivity (Wildman–Crippen MR) is 66.1 cm³/mol. The number of rotatable bonds is 4. The molecule has 16 heavy (non-hydrogen) atoms. The molecular weight excluding hydrogens is 202 g/mol. The Bertz CT molecular complexity index is 230. The van der Waals surface area contributed by atoms with Gasteiger partial charge in [0.1, 0.15) is 0 Å². The van der Waals surface area contributed by atoms with E-state index in [0.29, 0.717) is 5.92 Å². The number of amides is 1. The Kier molecular flexibility index (Phi) is 5.22. The Morgan fingerprint density at radius 3 is 2.75 bits per heavy atom. The third-order valence-corrected chi connectivity index (χ3v) is 3.30. The topological polar surface area (TPSA) is 49.6 Å². The van der Waals surface area contributed by atoms with Gasteiger partial charge in [0.25, 0.3) is 0 Å². The van der Waals surface area contributed by atoms with Gasteiger partial charge in [-0.15, -0.1) is 0 Å². The van der Waals surface area contributed by atoms with E-state index >= 15 is 0 Å². The Morgan fingerprint density at radius 2 is 2.25 bits per heavy atom. The maximum atomic E-state index is 11.7. The molecule has 0 aromatic carbocycles. The minimum Gasteiger partial charge on any atom is -0.339 e. The molecule has 4 nitrogen and oxygen atoms in total. The van der Waals surface area contributed by atoms with Crippen LogP contribution in [0.2, 0.25) is 0 Å². The minimum atomic E-state index is 0.0724. The van der Waals surface area contributed by atoms with Crippen molar-refractivity contribution in [3.63, 3.8) is 0 Å². The van der Waals surface area contributed by atoms with Crippen LogP contribution in [0.1, 0.15) is 26.7 Å². The fourth-order valence-corrected chi connectivity index (χ4v) is 2.42. The molecular formula is C12H25N3O. The van der Waals surface area contributed by atoms with Crippen LogP contribution >= 0.6 is 0 Å². The standard InChI is InChI=1S/C12H25N3O/c1-10(2)15(12(16)7-13)9-11-5-4-6-14(3)8-11/h10-11H,4-9,13H2,1-3H3/t11-/m1/s1.